The van der Waals surface area contributed by atoms with Gasteiger partial charge in [0.15, 0.2) is 0 Å². The lowest BCUT2D eigenvalue weighted by atomic mass is 9.92. The Morgan fingerprint density at radius 2 is 2.17 bits per heavy atom. The number of rotatable bonds is 3. The first-order valence-electron chi connectivity index (χ1n) is 5.02. The van der Waals surface area contributed by atoms with E-state index in [4.69, 9.17) is 5.73 Å². The molecule has 0 aromatic rings. The van der Waals surface area contributed by atoms with E-state index in [-0.39, 0.29) is 0 Å². The van der Waals surface area contributed by atoms with E-state index >= 15 is 0 Å². The number of hydrogen-bond acceptors (Lipinski definition) is 2. The summed E-state index contributed by atoms with van der Waals surface area (Å²) >= 11 is 0. The first-order valence-corrected chi connectivity index (χ1v) is 5.02. The van der Waals surface area contributed by atoms with Crippen LogP contribution in [0.1, 0.15) is 25.7 Å². The van der Waals surface area contributed by atoms with E-state index in [0.717, 1.165) is 19.0 Å². The van der Waals surface area contributed by atoms with Crippen molar-refractivity contribution < 1.29 is 0 Å². The van der Waals surface area contributed by atoms with E-state index in [9.17, 15) is 0 Å². The molecule has 2 rings (SSSR count). The molecule has 0 radical (unpaired) electrons. The van der Waals surface area contributed by atoms with Gasteiger partial charge in [0.25, 0.3) is 0 Å². The minimum Gasteiger partial charge on any atom is -0.324 e. The number of nitrogens with two attached hydrogens (primary N) is 1. The second-order valence-electron chi connectivity index (χ2n) is 4.08. The zero-order valence-corrected chi connectivity index (χ0v) is 7.50. The molecule has 0 aliphatic heterocycles. The summed E-state index contributed by atoms with van der Waals surface area (Å²) in [6, 6.07) is 1.13. The summed E-state index contributed by atoms with van der Waals surface area (Å²) in [5, 5.41) is 3.57. The van der Waals surface area contributed by atoms with Crippen molar-refractivity contribution in [2.45, 2.75) is 37.8 Å². The molecule has 0 heterocycles. The van der Waals surface area contributed by atoms with Gasteiger partial charge in [-0.2, -0.15) is 0 Å². The Hall–Kier alpha value is -0.340. The summed E-state index contributed by atoms with van der Waals surface area (Å²) < 4.78 is 0. The van der Waals surface area contributed by atoms with Crippen molar-refractivity contribution in [3.63, 3.8) is 0 Å². The van der Waals surface area contributed by atoms with Gasteiger partial charge in [-0.15, -0.1) is 0 Å². The molecule has 2 heteroatoms. The van der Waals surface area contributed by atoms with Crippen LogP contribution in [0.4, 0.5) is 0 Å². The molecule has 0 saturated heterocycles. The molecule has 0 aromatic carbocycles. The highest BCUT2D eigenvalue weighted by molar-refractivity contribution is 5.05. The molecule has 1 saturated carbocycles. The van der Waals surface area contributed by atoms with E-state index in [1.54, 1.807) is 0 Å². The van der Waals surface area contributed by atoms with Crippen LogP contribution in [0.3, 0.4) is 0 Å². The molecule has 2 nitrogen and oxygen atoms in total. The van der Waals surface area contributed by atoms with Crippen molar-refractivity contribution in [1.29, 1.82) is 0 Å². The summed E-state index contributed by atoms with van der Waals surface area (Å²) in [4.78, 5) is 0. The average molecular weight is 166 g/mol. The maximum atomic E-state index is 5.76. The van der Waals surface area contributed by atoms with Gasteiger partial charge in [0.1, 0.15) is 0 Å². The zero-order valence-electron chi connectivity index (χ0n) is 7.50. The first-order chi connectivity index (χ1) is 5.84. The molecule has 12 heavy (non-hydrogen) atoms. The largest absolute Gasteiger partial charge is 0.324 e. The highest BCUT2D eigenvalue weighted by atomic mass is 14.9. The monoisotopic (exact) mass is 166 g/mol. The van der Waals surface area contributed by atoms with Crippen LogP contribution in [0.5, 0.6) is 0 Å². The predicted octanol–water partition coefficient (Wildman–Crippen LogP) is 1.03. The van der Waals surface area contributed by atoms with Crippen LogP contribution in [0.25, 0.3) is 0 Å². The molecule has 2 atom stereocenters. The molecule has 2 unspecified atom stereocenters. The van der Waals surface area contributed by atoms with Gasteiger partial charge in [0.2, 0.25) is 0 Å². The lowest BCUT2D eigenvalue weighted by Gasteiger charge is -2.27. The molecule has 2 aliphatic rings. The Bertz CT molecular complexity index is 173. The Morgan fingerprint density at radius 1 is 1.33 bits per heavy atom. The molecule has 0 aromatic heterocycles. The summed E-state index contributed by atoms with van der Waals surface area (Å²) in [7, 11) is 0. The van der Waals surface area contributed by atoms with Gasteiger partial charge in [-0.05, 0) is 25.2 Å². The van der Waals surface area contributed by atoms with Gasteiger partial charge < -0.3 is 11.1 Å². The third-order valence-corrected chi connectivity index (χ3v) is 2.98. The van der Waals surface area contributed by atoms with E-state index in [2.05, 4.69) is 17.5 Å². The fourth-order valence-corrected chi connectivity index (χ4v) is 1.89. The third kappa shape index (κ3) is 1.87. The van der Waals surface area contributed by atoms with Gasteiger partial charge >= 0.3 is 0 Å². The Kier molecular flexibility index (Phi) is 2.47. The topological polar surface area (TPSA) is 38.0 Å². The highest BCUT2D eigenvalue weighted by Gasteiger charge is 2.20. The first kappa shape index (κ1) is 8.27. The molecule has 68 valence electrons. The predicted molar refractivity (Wildman–Crippen MR) is 50.9 cm³/mol. The van der Waals surface area contributed by atoms with Gasteiger partial charge in [-0.3, -0.25) is 0 Å². The lowest BCUT2D eigenvalue weighted by molar-refractivity contribution is 0.325. The van der Waals surface area contributed by atoms with Gasteiger partial charge in [0, 0.05) is 18.6 Å². The Labute approximate surface area is 74.2 Å². The van der Waals surface area contributed by atoms with E-state index in [1.807, 2.05) is 0 Å². The van der Waals surface area contributed by atoms with E-state index in [1.165, 1.54) is 19.3 Å². The second-order valence-corrected chi connectivity index (χ2v) is 4.08. The Morgan fingerprint density at radius 3 is 2.67 bits per heavy atom. The Balaban J connectivity index is 1.63. The normalized spacial score (nSPS) is 35.4. The van der Waals surface area contributed by atoms with Crippen molar-refractivity contribution in [3.05, 3.63) is 12.2 Å². The standard InChI is InChI=1S/C10H18N2/c11-9-5-4-8(6-9)7-12-10-2-1-3-10/h4-5,8-10,12H,1-3,6-7,11H2. The van der Waals surface area contributed by atoms with Crippen LogP contribution in [0, 0.1) is 5.92 Å². The SMILES string of the molecule is NC1C=CC(CNC2CCC2)C1. The average Bonchev–Trinajstić information content (AvgIpc) is 2.32. The number of nitrogens with one attached hydrogen (secondary N) is 1. The molecule has 0 spiro atoms. The molecule has 0 bridgehead atoms. The molecular weight excluding hydrogens is 148 g/mol. The quantitative estimate of drug-likeness (QED) is 0.615. The van der Waals surface area contributed by atoms with Crippen molar-refractivity contribution in [3.8, 4) is 0 Å². The van der Waals surface area contributed by atoms with Crippen molar-refractivity contribution >= 4 is 0 Å². The van der Waals surface area contributed by atoms with Gasteiger partial charge in [0.05, 0.1) is 0 Å². The van der Waals surface area contributed by atoms with Gasteiger partial charge in [-0.25, -0.2) is 0 Å². The molecular formula is C10H18N2. The number of hydrogen-bond donors (Lipinski definition) is 2. The van der Waals surface area contributed by atoms with Crippen LogP contribution in [0.15, 0.2) is 12.2 Å². The fourth-order valence-electron chi connectivity index (χ4n) is 1.89. The summed E-state index contributed by atoms with van der Waals surface area (Å²) in [6.07, 6.45) is 9.70. The summed E-state index contributed by atoms with van der Waals surface area (Å²) in [5.41, 5.74) is 5.76. The molecule has 3 N–H and O–H groups in total. The molecule has 1 fully saturated rings. The smallest absolute Gasteiger partial charge is 0.0229 e. The van der Waals surface area contributed by atoms with Crippen LogP contribution in [0.2, 0.25) is 0 Å². The molecule has 2 aliphatic carbocycles. The third-order valence-electron chi connectivity index (χ3n) is 2.98. The minimum atomic E-state index is 0.318. The van der Waals surface area contributed by atoms with Crippen LogP contribution < -0.4 is 11.1 Å². The summed E-state index contributed by atoms with van der Waals surface area (Å²) in [5.74, 6) is 0.695. The zero-order chi connectivity index (χ0) is 8.39. The lowest BCUT2D eigenvalue weighted by Crippen LogP contribution is -2.38. The van der Waals surface area contributed by atoms with Crippen LogP contribution in [-0.4, -0.2) is 18.6 Å². The minimum absolute atomic E-state index is 0.318. The van der Waals surface area contributed by atoms with Gasteiger partial charge in [-0.1, -0.05) is 18.6 Å². The second kappa shape index (κ2) is 3.58. The van der Waals surface area contributed by atoms with Crippen molar-refractivity contribution in [2.75, 3.05) is 6.54 Å². The fraction of sp³-hybridized carbons (Fsp3) is 0.800. The summed E-state index contributed by atoms with van der Waals surface area (Å²) in [6.45, 7) is 1.13. The van der Waals surface area contributed by atoms with Crippen LogP contribution >= 0.6 is 0 Å². The highest BCUT2D eigenvalue weighted by Crippen LogP contribution is 2.20. The maximum absolute atomic E-state index is 5.76. The maximum Gasteiger partial charge on any atom is 0.0229 e. The van der Waals surface area contributed by atoms with E-state index in [0.29, 0.717) is 12.0 Å². The van der Waals surface area contributed by atoms with Crippen molar-refractivity contribution in [2.24, 2.45) is 11.7 Å². The van der Waals surface area contributed by atoms with E-state index < -0.39 is 0 Å². The van der Waals surface area contributed by atoms with Crippen LogP contribution in [-0.2, 0) is 0 Å². The molecule has 0 amide bonds. The van der Waals surface area contributed by atoms with Crippen molar-refractivity contribution in [1.82, 2.24) is 5.32 Å².